The van der Waals surface area contributed by atoms with Gasteiger partial charge >= 0.3 is 0 Å². The quantitative estimate of drug-likeness (QED) is 0.765. The number of benzene rings is 1. The molecule has 0 bridgehead atoms. The van der Waals surface area contributed by atoms with Crippen molar-refractivity contribution in [2.45, 2.75) is 42.2 Å². The average Bonchev–Trinajstić information content (AvgIpc) is 2.99. The van der Waals surface area contributed by atoms with E-state index < -0.39 is 0 Å². The van der Waals surface area contributed by atoms with Crippen molar-refractivity contribution >= 4 is 11.8 Å². The molecule has 2 heteroatoms. The van der Waals surface area contributed by atoms with Gasteiger partial charge in [-0.05, 0) is 36.5 Å². The van der Waals surface area contributed by atoms with E-state index in [9.17, 15) is 0 Å². The van der Waals surface area contributed by atoms with Crippen LogP contribution in [0.25, 0.3) is 0 Å². The van der Waals surface area contributed by atoms with Gasteiger partial charge < -0.3 is 0 Å². The van der Waals surface area contributed by atoms with Crippen molar-refractivity contribution in [3.05, 3.63) is 29.8 Å². The van der Waals surface area contributed by atoms with Crippen LogP contribution in [0.4, 0.5) is 0 Å². The summed E-state index contributed by atoms with van der Waals surface area (Å²) in [5.74, 6) is 0.579. The summed E-state index contributed by atoms with van der Waals surface area (Å²) in [6.45, 7) is 4.39. The van der Waals surface area contributed by atoms with Crippen LogP contribution >= 0.6 is 11.8 Å². The first-order chi connectivity index (χ1) is 7.15. The third kappa shape index (κ3) is 2.35. The Balaban J connectivity index is 2.08. The monoisotopic (exact) mass is 217 g/mol. The second kappa shape index (κ2) is 3.90. The predicted molar refractivity (Wildman–Crippen MR) is 64.0 cm³/mol. The summed E-state index contributed by atoms with van der Waals surface area (Å²) in [5, 5.41) is 8.99. The van der Waals surface area contributed by atoms with Crippen molar-refractivity contribution in [3.8, 4) is 6.07 Å². The Kier molecular flexibility index (Phi) is 2.75. The molecule has 1 aromatic rings. The first-order valence-corrected chi connectivity index (χ1v) is 6.17. The van der Waals surface area contributed by atoms with Gasteiger partial charge in [0.05, 0.1) is 6.07 Å². The Bertz CT molecular complexity index is 382. The van der Waals surface area contributed by atoms with Crippen LogP contribution in [0.3, 0.4) is 0 Å². The van der Waals surface area contributed by atoms with Gasteiger partial charge in [-0.1, -0.05) is 26.0 Å². The molecule has 0 atom stereocenters. The molecular weight excluding hydrogens is 202 g/mol. The molecule has 0 amide bonds. The lowest BCUT2D eigenvalue weighted by atomic mass is 10.0. The van der Waals surface area contributed by atoms with E-state index >= 15 is 0 Å². The molecule has 1 aromatic carbocycles. The first kappa shape index (κ1) is 10.6. The molecule has 15 heavy (non-hydrogen) atoms. The smallest absolute Gasteiger partial charge is 0.107 e. The van der Waals surface area contributed by atoms with Crippen LogP contribution in [0.1, 0.15) is 38.2 Å². The number of rotatable bonds is 3. The van der Waals surface area contributed by atoms with Crippen LogP contribution in [0.2, 0.25) is 0 Å². The highest BCUT2D eigenvalue weighted by Gasteiger charge is 2.44. The van der Waals surface area contributed by atoms with Crippen LogP contribution in [-0.2, 0) is 0 Å². The van der Waals surface area contributed by atoms with E-state index in [1.165, 1.54) is 10.5 Å². The van der Waals surface area contributed by atoms with Crippen molar-refractivity contribution in [3.63, 3.8) is 0 Å². The zero-order valence-corrected chi connectivity index (χ0v) is 9.97. The highest BCUT2D eigenvalue weighted by molar-refractivity contribution is 8.01. The van der Waals surface area contributed by atoms with Crippen LogP contribution in [-0.4, -0.2) is 4.75 Å². The Morgan fingerprint density at radius 2 is 1.87 bits per heavy atom. The van der Waals surface area contributed by atoms with E-state index in [0.29, 0.717) is 5.92 Å². The molecule has 1 saturated carbocycles. The maximum Gasteiger partial charge on any atom is 0.107 e. The fourth-order valence-electron chi connectivity index (χ4n) is 1.50. The molecule has 1 aliphatic rings. The lowest BCUT2D eigenvalue weighted by molar-refractivity contribution is 0.865. The third-order valence-electron chi connectivity index (χ3n) is 2.77. The maximum atomic E-state index is 8.99. The molecule has 0 heterocycles. The molecule has 1 fully saturated rings. The van der Waals surface area contributed by atoms with Gasteiger partial charge in [-0.2, -0.15) is 5.26 Å². The molecule has 78 valence electrons. The number of nitrogens with zero attached hydrogens (tertiary/aromatic N) is 1. The lowest BCUT2D eigenvalue weighted by Gasteiger charge is -2.08. The fraction of sp³-hybridized carbons (Fsp3) is 0.462. The van der Waals surface area contributed by atoms with E-state index in [2.05, 4.69) is 44.2 Å². The van der Waals surface area contributed by atoms with Crippen molar-refractivity contribution in [2.24, 2.45) is 0 Å². The molecule has 0 unspecified atom stereocenters. The van der Waals surface area contributed by atoms with Crippen molar-refractivity contribution < 1.29 is 0 Å². The second-order valence-corrected chi connectivity index (χ2v) is 5.89. The van der Waals surface area contributed by atoms with Crippen molar-refractivity contribution in [1.82, 2.24) is 0 Å². The van der Waals surface area contributed by atoms with Crippen molar-refractivity contribution in [2.75, 3.05) is 0 Å². The van der Waals surface area contributed by atoms with Crippen LogP contribution in [0, 0.1) is 11.3 Å². The van der Waals surface area contributed by atoms with E-state index in [1.54, 1.807) is 11.8 Å². The summed E-state index contributed by atoms with van der Waals surface area (Å²) < 4.78 is -0.0979. The van der Waals surface area contributed by atoms with Gasteiger partial charge in [0.2, 0.25) is 0 Å². The van der Waals surface area contributed by atoms with Gasteiger partial charge in [-0.15, -0.1) is 11.8 Å². The van der Waals surface area contributed by atoms with Gasteiger partial charge in [0.15, 0.2) is 0 Å². The summed E-state index contributed by atoms with van der Waals surface area (Å²) in [6, 6.07) is 11.0. The molecule has 0 aliphatic heterocycles. The zero-order valence-electron chi connectivity index (χ0n) is 9.16. The highest BCUT2D eigenvalue weighted by atomic mass is 32.2. The van der Waals surface area contributed by atoms with Crippen LogP contribution in [0.5, 0.6) is 0 Å². The Hall–Kier alpha value is -0.940. The molecule has 2 rings (SSSR count). The summed E-state index contributed by atoms with van der Waals surface area (Å²) in [4.78, 5) is 1.22. The zero-order chi connectivity index (χ0) is 10.9. The summed E-state index contributed by atoms with van der Waals surface area (Å²) in [7, 11) is 0. The lowest BCUT2D eigenvalue weighted by Crippen LogP contribution is -1.96. The number of thioether (sulfide) groups is 1. The van der Waals surface area contributed by atoms with Gasteiger partial charge in [0, 0.05) is 4.90 Å². The molecule has 0 radical (unpaired) electrons. The van der Waals surface area contributed by atoms with Gasteiger partial charge in [0.1, 0.15) is 4.75 Å². The Morgan fingerprint density at radius 3 is 2.27 bits per heavy atom. The summed E-state index contributed by atoms with van der Waals surface area (Å²) in [5.41, 5.74) is 1.36. The minimum Gasteiger partial charge on any atom is -0.197 e. The molecule has 1 aliphatic carbocycles. The van der Waals surface area contributed by atoms with E-state index in [-0.39, 0.29) is 4.75 Å². The highest BCUT2D eigenvalue weighted by Crippen LogP contribution is 2.51. The van der Waals surface area contributed by atoms with Crippen molar-refractivity contribution in [1.29, 1.82) is 5.26 Å². The minimum absolute atomic E-state index is 0.0979. The average molecular weight is 217 g/mol. The Labute approximate surface area is 95.5 Å². The minimum atomic E-state index is -0.0979. The molecule has 1 nitrogen and oxygen atoms in total. The van der Waals surface area contributed by atoms with E-state index in [0.717, 1.165) is 12.8 Å². The number of hydrogen-bond acceptors (Lipinski definition) is 2. The van der Waals surface area contributed by atoms with Gasteiger partial charge in [-0.25, -0.2) is 0 Å². The molecule has 0 saturated heterocycles. The normalized spacial score (nSPS) is 17.5. The predicted octanol–water partition coefficient (Wildman–Crippen LogP) is 3.96. The fourth-order valence-corrected chi connectivity index (χ4v) is 2.57. The Morgan fingerprint density at radius 1 is 1.27 bits per heavy atom. The standard InChI is InChI=1S/C13H15NS/c1-10(2)11-3-5-12(6-4-11)15-13(9-14)7-8-13/h3-6,10H,7-8H2,1-2H3. The van der Waals surface area contributed by atoms with Crippen LogP contribution < -0.4 is 0 Å². The number of hydrogen-bond donors (Lipinski definition) is 0. The molecule has 0 aromatic heterocycles. The largest absolute Gasteiger partial charge is 0.197 e. The van der Waals surface area contributed by atoms with Crippen LogP contribution in [0.15, 0.2) is 29.2 Å². The third-order valence-corrected chi connectivity index (χ3v) is 4.17. The molecule has 0 N–H and O–H groups in total. The van der Waals surface area contributed by atoms with Gasteiger partial charge in [-0.3, -0.25) is 0 Å². The van der Waals surface area contributed by atoms with E-state index in [4.69, 9.17) is 5.26 Å². The SMILES string of the molecule is CC(C)c1ccc(SC2(C#N)CC2)cc1. The summed E-state index contributed by atoms with van der Waals surface area (Å²) in [6.07, 6.45) is 2.08. The molecule has 0 spiro atoms. The second-order valence-electron chi connectivity index (χ2n) is 4.43. The van der Waals surface area contributed by atoms with E-state index in [1.807, 2.05) is 0 Å². The summed E-state index contributed by atoms with van der Waals surface area (Å²) >= 11 is 1.72. The first-order valence-electron chi connectivity index (χ1n) is 5.35. The molecular formula is C13H15NS. The maximum absolute atomic E-state index is 8.99. The van der Waals surface area contributed by atoms with Gasteiger partial charge in [0.25, 0.3) is 0 Å². The number of nitriles is 1. The topological polar surface area (TPSA) is 23.8 Å².